The van der Waals surface area contributed by atoms with E-state index in [-0.39, 0.29) is 49.4 Å². The number of nitrogens with zero attached hydrogens (tertiary/aromatic N) is 1. The molecule has 182 valence electrons. The minimum absolute atomic E-state index is 0.00510. The molecule has 3 rings (SSSR count). The van der Waals surface area contributed by atoms with Crippen molar-refractivity contribution in [3.8, 4) is 11.8 Å². The van der Waals surface area contributed by atoms with E-state index in [2.05, 4.69) is 22.5 Å². The second-order valence-electron chi connectivity index (χ2n) is 8.70. The maximum Gasteiger partial charge on any atom is 0.240 e. The van der Waals surface area contributed by atoms with Crippen molar-refractivity contribution in [2.45, 2.75) is 45.7 Å². The molecule has 0 aromatic heterocycles. The first-order valence-electron chi connectivity index (χ1n) is 11.6. The molecule has 1 unspecified atom stereocenters. The normalized spacial score (nSPS) is 12.7. The Morgan fingerprint density at radius 1 is 0.914 bits per heavy atom. The zero-order chi connectivity index (χ0) is 25.4. The SMILES string of the molecule is CC(C)C(NC(=O)CCNC(=O)CCC(=O)N1Cc2ccccc2C#Cc2ccccc21)C(N)=O. The van der Waals surface area contributed by atoms with Crippen LogP contribution < -0.4 is 21.3 Å². The lowest BCUT2D eigenvalue weighted by Gasteiger charge is -2.26. The van der Waals surface area contributed by atoms with Crippen LogP contribution in [0.2, 0.25) is 0 Å². The van der Waals surface area contributed by atoms with Gasteiger partial charge in [0, 0.05) is 36.9 Å². The molecule has 1 aliphatic heterocycles. The first-order valence-corrected chi connectivity index (χ1v) is 11.6. The van der Waals surface area contributed by atoms with Crippen molar-refractivity contribution in [2.75, 3.05) is 11.4 Å². The van der Waals surface area contributed by atoms with Crippen molar-refractivity contribution in [1.29, 1.82) is 0 Å². The predicted octanol–water partition coefficient (Wildman–Crippen LogP) is 1.85. The minimum atomic E-state index is -0.758. The number of hydrogen-bond acceptors (Lipinski definition) is 4. The van der Waals surface area contributed by atoms with Gasteiger partial charge in [-0.1, -0.05) is 56.0 Å². The molecule has 4 amide bonds. The number of rotatable bonds is 9. The molecule has 0 bridgehead atoms. The molecule has 4 N–H and O–H groups in total. The molecule has 8 heteroatoms. The van der Waals surface area contributed by atoms with E-state index < -0.39 is 11.9 Å². The van der Waals surface area contributed by atoms with Crippen LogP contribution >= 0.6 is 0 Å². The number of nitrogens with two attached hydrogens (primary N) is 1. The molecule has 0 aliphatic carbocycles. The van der Waals surface area contributed by atoms with Gasteiger partial charge in [0.2, 0.25) is 23.6 Å². The molecule has 0 fully saturated rings. The second kappa shape index (κ2) is 11.8. The quantitative estimate of drug-likeness (QED) is 0.480. The van der Waals surface area contributed by atoms with E-state index in [0.29, 0.717) is 12.2 Å². The Hall–Kier alpha value is -4.12. The Morgan fingerprint density at radius 2 is 1.57 bits per heavy atom. The number of para-hydroxylation sites is 1. The predicted molar refractivity (Wildman–Crippen MR) is 133 cm³/mol. The van der Waals surface area contributed by atoms with Crippen LogP contribution in [0.3, 0.4) is 0 Å². The Labute approximate surface area is 205 Å². The van der Waals surface area contributed by atoms with Crippen LogP contribution in [-0.4, -0.2) is 36.2 Å². The first-order chi connectivity index (χ1) is 16.8. The number of carbonyl (C=O) groups excluding carboxylic acids is 4. The Bertz CT molecular complexity index is 1180. The summed E-state index contributed by atoms with van der Waals surface area (Å²) in [6, 6.07) is 14.4. The summed E-state index contributed by atoms with van der Waals surface area (Å²) in [4.78, 5) is 50.6. The van der Waals surface area contributed by atoms with Crippen LogP contribution in [0, 0.1) is 17.8 Å². The van der Waals surface area contributed by atoms with E-state index in [1.54, 1.807) is 18.7 Å². The van der Waals surface area contributed by atoms with Crippen LogP contribution in [0.1, 0.15) is 49.8 Å². The van der Waals surface area contributed by atoms with Crippen LogP contribution in [0.25, 0.3) is 0 Å². The molecule has 1 aliphatic rings. The molecule has 1 atom stereocenters. The van der Waals surface area contributed by atoms with Crippen molar-refractivity contribution < 1.29 is 19.2 Å². The standard InChI is InChI=1S/C27H30N4O4/c1-18(2)26(27(28)35)30-24(33)15-16-29-23(32)13-14-25(34)31-17-21-9-4-3-7-19(21)11-12-20-8-5-6-10-22(20)31/h3-10,18,26H,13-17H2,1-2H3,(H2,28,35)(H,29,32)(H,30,33). The summed E-state index contributed by atoms with van der Waals surface area (Å²) in [6.45, 7) is 4.02. The smallest absolute Gasteiger partial charge is 0.240 e. The molecule has 0 radical (unpaired) electrons. The van der Waals surface area contributed by atoms with Gasteiger partial charge < -0.3 is 21.3 Å². The Balaban J connectivity index is 1.55. The van der Waals surface area contributed by atoms with Gasteiger partial charge >= 0.3 is 0 Å². The van der Waals surface area contributed by atoms with Crippen molar-refractivity contribution in [3.63, 3.8) is 0 Å². The number of amides is 4. The Kier molecular flexibility index (Phi) is 8.63. The lowest BCUT2D eigenvalue weighted by Crippen LogP contribution is -2.48. The van der Waals surface area contributed by atoms with Gasteiger partial charge in [0.1, 0.15) is 6.04 Å². The molecule has 35 heavy (non-hydrogen) atoms. The van der Waals surface area contributed by atoms with E-state index >= 15 is 0 Å². The maximum atomic E-state index is 13.2. The largest absolute Gasteiger partial charge is 0.368 e. The third-order valence-electron chi connectivity index (χ3n) is 5.70. The molecule has 2 aromatic carbocycles. The summed E-state index contributed by atoms with van der Waals surface area (Å²) < 4.78 is 0. The van der Waals surface area contributed by atoms with E-state index in [0.717, 1.165) is 16.7 Å². The fourth-order valence-corrected chi connectivity index (χ4v) is 3.78. The summed E-state index contributed by atoms with van der Waals surface area (Å²) in [6.07, 6.45) is 0.00650. The molecule has 0 saturated carbocycles. The lowest BCUT2D eigenvalue weighted by atomic mass is 10.0. The van der Waals surface area contributed by atoms with E-state index in [4.69, 9.17) is 5.73 Å². The number of hydrogen-bond donors (Lipinski definition) is 3. The average molecular weight is 475 g/mol. The van der Waals surface area contributed by atoms with Gasteiger partial charge in [-0.25, -0.2) is 0 Å². The summed E-state index contributed by atoms with van der Waals surface area (Å²) in [7, 11) is 0. The summed E-state index contributed by atoms with van der Waals surface area (Å²) in [5.41, 5.74) is 8.57. The van der Waals surface area contributed by atoms with Crippen molar-refractivity contribution >= 4 is 29.3 Å². The first kappa shape index (κ1) is 25.5. The highest BCUT2D eigenvalue weighted by atomic mass is 16.2. The molecular weight excluding hydrogens is 444 g/mol. The van der Waals surface area contributed by atoms with Gasteiger partial charge in [-0.2, -0.15) is 0 Å². The lowest BCUT2D eigenvalue weighted by molar-refractivity contribution is -0.128. The van der Waals surface area contributed by atoms with E-state index in [9.17, 15) is 19.2 Å². The second-order valence-corrected chi connectivity index (χ2v) is 8.70. The minimum Gasteiger partial charge on any atom is -0.368 e. The molecule has 2 aromatic rings. The zero-order valence-corrected chi connectivity index (χ0v) is 20.0. The molecule has 8 nitrogen and oxygen atoms in total. The zero-order valence-electron chi connectivity index (χ0n) is 20.0. The fraction of sp³-hybridized carbons (Fsp3) is 0.333. The maximum absolute atomic E-state index is 13.2. The summed E-state index contributed by atoms with van der Waals surface area (Å²) in [5, 5.41) is 5.23. The van der Waals surface area contributed by atoms with E-state index in [1.165, 1.54) is 0 Å². The van der Waals surface area contributed by atoms with Crippen LogP contribution in [-0.2, 0) is 25.7 Å². The van der Waals surface area contributed by atoms with Gasteiger partial charge in [0.05, 0.1) is 12.2 Å². The number of nitrogens with one attached hydrogen (secondary N) is 2. The highest BCUT2D eigenvalue weighted by molar-refractivity contribution is 5.97. The van der Waals surface area contributed by atoms with Crippen molar-refractivity contribution in [1.82, 2.24) is 10.6 Å². The number of carbonyl (C=O) groups is 4. The topological polar surface area (TPSA) is 122 Å². The highest BCUT2D eigenvalue weighted by Crippen LogP contribution is 2.26. The molecule has 0 spiro atoms. The third kappa shape index (κ3) is 6.93. The van der Waals surface area contributed by atoms with Crippen molar-refractivity contribution in [3.05, 3.63) is 65.2 Å². The van der Waals surface area contributed by atoms with E-state index in [1.807, 2.05) is 48.5 Å². The monoisotopic (exact) mass is 474 g/mol. The van der Waals surface area contributed by atoms with Crippen LogP contribution in [0.5, 0.6) is 0 Å². The number of benzene rings is 2. The van der Waals surface area contributed by atoms with Gasteiger partial charge in [0.15, 0.2) is 0 Å². The average Bonchev–Trinajstić information content (AvgIpc) is 2.82. The third-order valence-corrected chi connectivity index (χ3v) is 5.70. The number of anilines is 1. The van der Waals surface area contributed by atoms with Crippen LogP contribution in [0.4, 0.5) is 5.69 Å². The molecule has 1 heterocycles. The number of primary amides is 1. The van der Waals surface area contributed by atoms with Crippen molar-refractivity contribution in [2.24, 2.45) is 11.7 Å². The van der Waals surface area contributed by atoms with Gasteiger partial charge in [0.25, 0.3) is 0 Å². The summed E-state index contributed by atoms with van der Waals surface area (Å²) in [5.74, 6) is 4.69. The molecular formula is C27H30N4O4. The Morgan fingerprint density at radius 3 is 2.29 bits per heavy atom. The summed E-state index contributed by atoms with van der Waals surface area (Å²) >= 11 is 0. The fourth-order valence-electron chi connectivity index (χ4n) is 3.78. The molecule has 0 saturated heterocycles. The highest BCUT2D eigenvalue weighted by Gasteiger charge is 2.23. The number of fused-ring (bicyclic) bond motifs is 2. The van der Waals surface area contributed by atoms with Gasteiger partial charge in [-0.3, -0.25) is 19.2 Å². The van der Waals surface area contributed by atoms with Gasteiger partial charge in [-0.05, 0) is 29.7 Å². The van der Waals surface area contributed by atoms with Gasteiger partial charge in [-0.15, -0.1) is 0 Å². The van der Waals surface area contributed by atoms with Crippen LogP contribution in [0.15, 0.2) is 48.5 Å².